The van der Waals surface area contributed by atoms with Gasteiger partial charge in [0.15, 0.2) is 0 Å². The molecule has 0 bridgehead atoms. The standard InChI is InChI=1S/C15H18N4O2/c16-9-13-7-4-8-19(13)15(21)11-17-10-14(20)18-12-5-2-1-3-6-12/h1-3,5-6,13,17H,4,7-8,10-11H2,(H,18,20)/t13-/m0/s1. The number of rotatable bonds is 5. The van der Waals surface area contributed by atoms with E-state index in [9.17, 15) is 9.59 Å². The minimum atomic E-state index is -0.322. The first-order valence-corrected chi connectivity index (χ1v) is 6.95. The predicted molar refractivity (Wildman–Crippen MR) is 78.3 cm³/mol. The van der Waals surface area contributed by atoms with Crippen LogP contribution < -0.4 is 10.6 Å². The maximum atomic E-state index is 11.9. The predicted octanol–water partition coefficient (Wildman–Crippen LogP) is 0.729. The Morgan fingerprint density at radius 1 is 1.29 bits per heavy atom. The molecule has 6 heteroatoms. The third kappa shape index (κ3) is 4.29. The Labute approximate surface area is 123 Å². The smallest absolute Gasteiger partial charge is 0.238 e. The van der Waals surface area contributed by atoms with E-state index in [0.29, 0.717) is 6.54 Å². The highest BCUT2D eigenvalue weighted by Crippen LogP contribution is 2.15. The number of para-hydroxylation sites is 1. The zero-order valence-corrected chi connectivity index (χ0v) is 11.7. The van der Waals surface area contributed by atoms with E-state index in [1.54, 1.807) is 17.0 Å². The first-order valence-electron chi connectivity index (χ1n) is 6.95. The van der Waals surface area contributed by atoms with Crippen LogP contribution in [0.15, 0.2) is 30.3 Å². The van der Waals surface area contributed by atoms with Crippen molar-refractivity contribution in [2.45, 2.75) is 18.9 Å². The number of anilines is 1. The lowest BCUT2D eigenvalue weighted by molar-refractivity contribution is -0.130. The van der Waals surface area contributed by atoms with E-state index in [1.807, 2.05) is 18.2 Å². The molecule has 0 unspecified atom stereocenters. The number of nitrogens with zero attached hydrogens (tertiary/aromatic N) is 2. The van der Waals surface area contributed by atoms with Gasteiger partial charge in [-0.2, -0.15) is 5.26 Å². The second-order valence-electron chi connectivity index (χ2n) is 4.89. The topological polar surface area (TPSA) is 85.2 Å². The van der Waals surface area contributed by atoms with Gasteiger partial charge in [0.05, 0.1) is 19.2 Å². The summed E-state index contributed by atoms with van der Waals surface area (Å²) in [6, 6.07) is 10.9. The molecule has 0 spiro atoms. The Morgan fingerprint density at radius 2 is 2.05 bits per heavy atom. The molecule has 110 valence electrons. The number of nitriles is 1. The second kappa shape index (κ2) is 7.41. The first kappa shape index (κ1) is 15.0. The summed E-state index contributed by atoms with van der Waals surface area (Å²) in [6.45, 7) is 0.751. The van der Waals surface area contributed by atoms with Crippen molar-refractivity contribution >= 4 is 17.5 Å². The molecular formula is C15H18N4O2. The summed E-state index contributed by atoms with van der Waals surface area (Å²) in [4.78, 5) is 25.2. The van der Waals surface area contributed by atoms with Gasteiger partial charge < -0.3 is 10.2 Å². The van der Waals surface area contributed by atoms with E-state index in [0.717, 1.165) is 18.5 Å². The molecular weight excluding hydrogens is 268 g/mol. The highest BCUT2D eigenvalue weighted by molar-refractivity contribution is 5.92. The Balaban J connectivity index is 1.70. The zero-order chi connectivity index (χ0) is 15.1. The molecule has 1 atom stereocenters. The third-order valence-corrected chi connectivity index (χ3v) is 3.34. The third-order valence-electron chi connectivity index (χ3n) is 3.34. The number of likely N-dealkylation sites (tertiary alicyclic amines) is 1. The minimum absolute atomic E-state index is 0.0612. The van der Waals surface area contributed by atoms with Gasteiger partial charge in [0.1, 0.15) is 6.04 Å². The molecule has 6 nitrogen and oxygen atoms in total. The van der Waals surface area contributed by atoms with E-state index < -0.39 is 0 Å². The van der Waals surface area contributed by atoms with Crippen molar-refractivity contribution in [2.75, 3.05) is 25.0 Å². The summed E-state index contributed by atoms with van der Waals surface area (Å²) in [5, 5.41) is 14.5. The molecule has 1 aliphatic heterocycles. The SMILES string of the molecule is N#C[C@@H]1CCCN1C(=O)CNCC(=O)Nc1ccccc1. The van der Waals surface area contributed by atoms with E-state index in [1.165, 1.54) is 0 Å². The van der Waals surface area contributed by atoms with Gasteiger partial charge in [0, 0.05) is 12.2 Å². The largest absolute Gasteiger partial charge is 0.326 e. The molecule has 0 saturated carbocycles. The van der Waals surface area contributed by atoms with E-state index in [4.69, 9.17) is 5.26 Å². The highest BCUT2D eigenvalue weighted by atomic mass is 16.2. The van der Waals surface area contributed by atoms with Gasteiger partial charge in [0.2, 0.25) is 11.8 Å². The molecule has 1 fully saturated rings. The summed E-state index contributed by atoms with van der Waals surface area (Å²) in [6.07, 6.45) is 1.59. The summed E-state index contributed by atoms with van der Waals surface area (Å²) in [5.74, 6) is -0.334. The van der Waals surface area contributed by atoms with Gasteiger partial charge in [-0.3, -0.25) is 14.9 Å². The number of carbonyl (C=O) groups is 2. The molecule has 0 aromatic heterocycles. The van der Waals surface area contributed by atoms with Crippen LogP contribution >= 0.6 is 0 Å². The van der Waals surface area contributed by atoms with Crippen LogP contribution in [0.1, 0.15) is 12.8 Å². The van der Waals surface area contributed by atoms with Crippen molar-refractivity contribution < 1.29 is 9.59 Å². The Morgan fingerprint density at radius 3 is 2.76 bits per heavy atom. The summed E-state index contributed by atoms with van der Waals surface area (Å²) in [5.41, 5.74) is 0.722. The number of carbonyl (C=O) groups excluding carboxylic acids is 2. The van der Waals surface area contributed by atoms with Gasteiger partial charge in [-0.1, -0.05) is 18.2 Å². The quantitative estimate of drug-likeness (QED) is 0.835. The Kier molecular flexibility index (Phi) is 5.29. The molecule has 2 rings (SSSR count). The van der Waals surface area contributed by atoms with Crippen LogP contribution in [0.25, 0.3) is 0 Å². The molecule has 0 aliphatic carbocycles. The van der Waals surface area contributed by atoms with Crippen LogP contribution in [0.5, 0.6) is 0 Å². The maximum absolute atomic E-state index is 11.9. The summed E-state index contributed by atoms with van der Waals surface area (Å²) >= 11 is 0. The molecule has 1 aromatic rings. The highest BCUT2D eigenvalue weighted by Gasteiger charge is 2.27. The number of benzene rings is 1. The van der Waals surface area contributed by atoms with E-state index >= 15 is 0 Å². The number of hydrogen-bond donors (Lipinski definition) is 2. The van der Waals surface area contributed by atoms with Crippen molar-refractivity contribution in [3.8, 4) is 6.07 Å². The molecule has 1 saturated heterocycles. The summed E-state index contributed by atoms with van der Waals surface area (Å²) in [7, 11) is 0. The van der Waals surface area contributed by atoms with Crippen LogP contribution in [-0.4, -0.2) is 42.4 Å². The normalized spacial score (nSPS) is 17.3. The van der Waals surface area contributed by atoms with Crippen LogP contribution in [-0.2, 0) is 9.59 Å². The molecule has 1 aliphatic rings. The fourth-order valence-electron chi connectivity index (χ4n) is 2.31. The Hall–Kier alpha value is -2.39. The molecule has 1 heterocycles. The zero-order valence-electron chi connectivity index (χ0n) is 11.7. The van der Waals surface area contributed by atoms with E-state index in [-0.39, 0.29) is 30.9 Å². The molecule has 1 aromatic carbocycles. The Bertz CT molecular complexity index is 538. The fourth-order valence-corrected chi connectivity index (χ4v) is 2.31. The van der Waals surface area contributed by atoms with Gasteiger partial charge in [-0.25, -0.2) is 0 Å². The molecule has 21 heavy (non-hydrogen) atoms. The van der Waals surface area contributed by atoms with Gasteiger partial charge in [-0.05, 0) is 25.0 Å². The lowest BCUT2D eigenvalue weighted by atomic mass is 10.2. The van der Waals surface area contributed by atoms with Crippen molar-refractivity contribution in [1.82, 2.24) is 10.2 Å². The molecule has 2 amide bonds. The van der Waals surface area contributed by atoms with Crippen molar-refractivity contribution in [3.63, 3.8) is 0 Å². The molecule has 2 N–H and O–H groups in total. The second-order valence-corrected chi connectivity index (χ2v) is 4.89. The first-order chi connectivity index (χ1) is 10.2. The van der Waals surface area contributed by atoms with Crippen molar-refractivity contribution in [1.29, 1.82) is 5.26 Å². The lowest BCUT2D eigenvalue weighted by Gasteiger charge is -2.19. The van der Waals surface area contributed by atoms with Crippen molar-refractivity contribution in [2.24, 2.45) is 0 Å². The van der Waals surface area contributed by atoms with Crippen molar-refractivity contribution in [3.05, 3.63) is 30.3 Å². The number of amides is 2. The van der Waals surface area contributed by atoms with Gasteiger partial charge >= 0.3 is 0 Å². The monoisotopic (exact) mass is 286 g/mol. The number of nitrogens with one attached hydrogen (secondary N) is 2. The van der Waals surface area contributed by atoms with Gasteiger partial charge in [-0.15, -0.1) is 0 Å². The van der Waals surface area contributed by atoms with Crippen LogP contribution in [0.2, 0.25) is 0 Å². The summed E-state index contributed by atoms with van der Waals surface area (Å²) < 4.78 is 0. The average Bonchev–Trinajstić information content (AvgIpc) is 2.96. The van der Waals surface area contributed by atoms with E-state index in [2.05, 4.69) is 16.7 Å². The maximum Gasteiger partial charge on any atom is 0.238 e. The van der Waals surface area contributed by atoms with Gasteiger partial charge in [0.25, 0.3) is 0 Å². The lowest BCUT2D eigenvalue weighted by Crippen LogP contribution is -2.42. The fraction of sp³-hybridized carbons (Fsp3) is 0.400. The van der Waals surface area contributed by atoms with Crippen LogP contribution in [0.4, 0.5) is 5.69 Å². The minimum Gasteiger partial charge on any atom is -0.326 e. The number of hydrogen-bond acceptors (Lipinski definition) is 4. The van der Waals surface area contributed by atoms with Crippen LogP contribution in [0.3, 0.4) is 0 Å². The average molecular weight is 286 g/mol. The van der Waals surface area contributed by atoms with Crippen LogP contribution in [0, 0.1) is 11.3 Å². The molecule has 0 radical (unpaired) electrons.